The van der Waals surface area contributed by atoms with E-state index in [1.807, 2.05) is 19.9 Å². The lowest BCUT2D eigenvalue weighted by atomic mass is 10.1. The van der Waals surface area contributed by atoms with Gasteiger partial charge in [0.2, 0.25) is 0 Å². The highest BCUT2D eigenvalue weighted by Crippen LogP contribution is 2.29. The summed E-state index contributed by atoms with van der Waals surface area (Å²) in [6, 6.07) is 6.75. The zero-order valence-electron chi connectivity index (χ0n) is 16.4. The van der Waals surface area contributed by atoms with Crippen molar-refractivity contribution in [3.8, 4) is 17.6 Å². The molecule has 7 heteroatoms. The van der Waals surface area contributed by atoms with Crippen LogP contribution >= 0.6 is 0 Å². The van der Waals surface area contributed by atoms with E-state index < -0.39 is 5.97 Å². The molecular formula is C20H26N2O5. The van der Waals surface area contributed by atoms with E-state index >= 15 is 0 Å². The minimum absolute atomic E-state index is 0.0998. The summed E-state index contributed by atoms with van der Waals surface area (Å²) in [4.78, 5) is 25.6. The fourth-order valence-corrected chi connectivity index (χ4v) is 2.28. The highest BCUT2D eigenvalue weighted by Gasteiger charge is 2.15. The molecule has 7 nitrogen and oxygen atoms in total. The van der Waals surface area contributed by atoms with Crippen LogP contribution < -0.4 is 9.47 Å². The Morgan fingerprint density at radius 3 is 2.41 bits per heavy atom. The Hall–Kier alpha value is -3.01. The second-order valence-corrected chi connectivity index (χ2v) is 5.89. The number of carbonyl (C=O) groups is 2. The molecule has 0 saturated heterocycles. The lowest BCUT2D eigenvalue weighted by Crippen LogP contribution is -2.34. The maximum absolute atomic E-state index is 12.1. The van der Waals surface area contributed by atoms with Crippen LogP contribution in [0.5, 0.6) is 11.5 Å². The fourth-order valence-electron chi connectivity index (χ4n) is 2.28. The number of amides is 1. The molecule has 1 aromatic rings. The SMILES string of the molecule is CCN(CC)C(=O)COc1ccc(C=C(C#N)C(=O)OC(C)C)cc1OC. The molecule has 0 bridgehead atoms. The minimum atomic E-state index is -0.684. The first-order chi connectivity index (χ1) is 12.9. The number of likely N-dealkylation sites (N-methyl/N-ethyl adjacent to an activating group) is 1. The zero-order valence-corrected chi connectivity index (χ0v) is 16.4. The standard InChI is InChI=1S/C20H26N2O5/c1-6-22(7-2)19(23)13-26-17-9-8-15(11-18(17)25-5)10-16(12-21)20(24)27-14(3)4/h8-11,14H,6-7,13H2,1-5H3. The number of carbonyl (C=O) groups excluding carboxylic acids is 2. The first-order valence-electron chi connectivity index (χ1n) is 8.77. The van der Waals surface area contributed by atoms with Crippen molar-refractivity contribution in [3.63, 3.8) is 0 Å². The van der Waals surface area contributed by atoms with Crippen molar-refractivity contribution in [2.24, 2.45) is 0 Å². The van der Waals surface area contributed by atoms with Gasteiger partial charge in [0, 0.05) is 13.1 Å². The van der Waals surface area contributed by atoms with Crippen LogP contribution in [0.25, 0.3) is 6.08 Å². The van der Waals surface area contributed by atoms with Gasteiger partial charge in [-0.1, -0.05) is 6.07 Å². The van der Waals surface area contributed by atoms with Crippen LogP contribution in [0, 0.1) is 11.3 Å². The van der Waals surface area contributed by atoms with Gasteiger partial charge in [-0.2, -0.15) is 5.26 Å². The third kappa shape index (κ3) is 6.66. The summed E-state index contributed by atoms with van der Waals surface area (Å²) in [5, 5.41) is 9.18. The van der Waals surface area contributed by atoms with E-state index in [1.165, 1.54) is 13.2 Å². The average Bonchev–Trinajstić information content (AvgIpc) is 2.64. The van der Waals surface area contributed by atoms with Gasteiger partial charge >= 0.3 is 5.97 Å². The number of esters is 1. The van der Waals surface area contributed by atoms with Crippen LogP contribution in [-0.4, -0.2) is 49.7 Å². The topological polar surface area (TPSA) is 88.9 Å². The van der Waals surface area contributed by atoms with Crippen molar-refractivity contribution in [1.29, 1.82) is 5.26 Å². The van der Waals surface area contributed by atoms with Crippen molar-refractivity contribution in [2.75, 3.05) is 26.8 Å². The van der Waals surface area contributed by atoms with Gasteiger partial charge < -0.3 is 19.1 Å². The molecular weight excluding hydrogens is 348 g/mol. The number of rotatable bonds is 9. The monoisotopic (exact) mass is 374 g/mol. The Morgan fingerprint density at radius 1 is 1.22 bits per heavy atom. The van der Waals surface area contributed by atoms with Gasteiger partial charge in [0.1, 0.15) is 11.6 Å². The van der Waals surface area contributed by atoms with Crippen LogP contribution in [0.1, 0.15) is 33.3 Å². The molecule has 27 heavy (non-hydrogen) atoms. The van der Waals surface area contributed by atoms with Crippen molar-refractivity contribution >= 4 is 18.0 Å². The molecule has 0 saturated carbocycles. The van der Waals surface area contributed by atoms with Crippen molar-refractivity contribution in [1.82, 2.24) is 4.90 Å². The summed E-state index contributed by atoms with van der Waals surface area (Å²) in [6.07, 6.45) is 1.10. The van der Waals surface area contributed by atoms with E-state index in [9.17, 15) is 14.9 Å². The molecule has 1 amide bonds. The summed E-state index contributed by atoms with van der Waals surface area (Å²) in [7, 11) is 1.47. The number of benzene rings is 1. The van der Waals surface area contributed by atoms with Gasteiger partial charge in [0.15, 0.2) is 18.1 Å². The number of hydrogen-bond acceptors (Lipinski definition) is 6. The number of nitrogens with zero attached hydrogens (tertiary/aromatic N) is 2. The van der Waals surface area contributed by atoms with Crippen molar-refractivity contribution < 1.29 is 23.8 Å². The predicted molar refractivity (Wildman–Crippen MR) is 101 cm³/mol. The Morgan fingerprint density at radius 2 is 1.89 bits per heavy atom. The van der Waals surface area contributed by atoms with Crippen LogP contribution in [0.15, 0.2) is 23.8 Å². The second-order valence-electron chi connectivity index (χ2n) is 5.89. The van der Waals surface area contributed by atoms with E-state index in [-0.39, 0.29) is 24.2 Å². The lowest BCUT2D eigenvalue weighted by molar-refractivity contribution is -0.142. The molecule has 146 valence electrons. The van der Waals surface area contributed by atoms with E-state index in [1.54, 1.807) is 36.9 Å². The second kappa shape index (κ2) is 10.9. The van der Waals surface area contributed by atoms with Crippen molar-refractivity contribution in [2.45, 2.75) is 33.8 Å². The molecule has 0 fully saturated rings. The highest BCUT2D eigenvalue weighted by molar-refractivity contribution is 5.98. The normalized spacial score (nSPS) is 10.9. The summed E-state index contributed by atoms with van der Waals surface area (Å²) in [6.45, 7) is 8.35. The fraction of sp³-hybridized carbons (Fsp3) is 0.450. The van der Waals surface area contributed by atoms with E-state index in [4.69, 9.17) is 14.2 Å². The molecule has 1 rings (SSSR count). The third-order valence-corrected chi connectivity index (χ3v) is 3.65. The largest absolute Gasteiger partial charge is 0.493 e. The number of ether oxygens (including phenoxy) is 3. The molecule has 0 atom stereocenters. The lowest BCUT2D eigenvalue weighted by Gasteiger charge is -2.19. The molecule has 0 aromatic heterocycles. The van der Waals surface area contributed by atoms with Crippen LogP contribution in [0.4, 0.5) is 0 Å². The number of nitriles is 1. The summed E-state index contributed by atoms with van der Waals surface area (Å²) in [5.74, 6) is -0.00475. The van der Waals surface area contributed by atoms with Gasteiger partial charge in [-0.15, -0.1) is 0 Å². The third-order valence-electron chi connectivity index (χ3n) is 3.65. The molecule has 1 aromatic carbocycles. The number of hydrogen-bond donors (Lipinski definition) is 0. The average molecular weight is 374 g/mol. The van der Waals surface area contributed by atoms with Crippen LogP contribution in [0.3, 0.4) is 0 Å². The smallest absolute Gasteiger partial charge is 0.349 e. The Balaban J connectivity index is 2.96. The summed E-state index contributed by atoms with van der Waals surface area (Å²) < 4.78 is 15.9. The van der Waals surface area contributed by atoms with E-state index in [0.29, 0.717) is 30.2 Å². The molecule has 0 aliphatic carbocycles. The molecule has 0 aliphatic rings. The maximum Gasteiger partial charge on any atom is 0.349 e. The predicted octanol–water partition coefficient (Wildman–Crippen LogP) is 2.80. The van der Waals surface area contributed by atoms with Crippen LogP contribution in [0.2, 0.25) is 0 Å². The minimum Gasteiger partial charge on any atom is -0.493 e. The van der Waals surface area contributed by atoms with Gasteiger partial charge in [0.25, 0.3) is 5.91 Å². The highest BCUT2D eigenvalue weighted by atomic mass is 16.5. The zero-order chi connectivity index (χ0) is 20.4. The summed E-state index contributed by atoms with van der Waals surface area (Å²) >= 11 is 0. The molecule has 0 aliphatic heterocycles. The van der Waals surface area contributed by atoms with Crippen molar-refractivity contribution in [3.05, 3.63) is 29.3 Å². The van der Waals surface area contributed by atoms with Crippen LogP contribution in [-0.2, 0) is 14.3 Å². The number of methoxy groups -OCH3 is 1. The van der Waals surface area contributed by atoms with E-state index in [2.05, 4.69) is 0 Å². The molecule has 0 N–H and O–H groups in total. The van der Waals surface area contributed by atoms with E-state index in [0.717, 1.165) is 0 Å². The molecule has 0 radical (unpaired) electrons. The Labute approximate surface area is 160 Å². The molecule has 0 heterocycles. The van der Waals surface area contributed by atoms with Gasteiger partial charge in [0.05, 0.1) is 13.2 Å². The molecule has 0 spiro atoms. The van der Waals surface area contributed by atoms with Gasteiger partial charge in [-0.05, 0) is 51.5 Å². The van der Waals surface area contributed by atoms with Gasteiger partial charge in [-0.25, -0.2) is 4.79 Å². The maximum atomic E-state index is 12.1. The Kier molecular flexibility index (Phi) is 8.86. The Bertz CT molecular complexity index is 730. The van der Waals surface area contributed by atoms with Gasteiger partial charge in [-0.3, -0.25) is 4.79 Å². The first-order valence-corrected chi connectivity index (χ1v) is 8.77. The molecule has 0 unspecified atom stereocenters. The quantitative estimate of drug-likeness (QED) is 0.375. The first kappa shape index (κ1) is 22.0. The summed E-state index contributed by atoms with van der Waals surface area (Å²) in [5.41, 5.74) is 0.461.